The third-order valence-electron chi connectivity index (χ3n) is 17.8. The molecule has 0 aliphatic carbocycles. The first-order valence-corrected chi connectivity index (χ1v) is 80.1. The Morgan fingerprint density at radius 3 is 0.759 bits per heavy atom. The molecule has 1 rings (SSSR count). The summed E-state index contributed by atoms with van der Waals surface area (Å²) in [5, 5.41) is 1.47. The molecule has 9 nitrogen and oxygen atoms in total. The van der Waals surface area contributed by atoms with Crippen LogP contribution in [0.4, 0.5) is 0 Å². The number of rotatable bonds is 54. The minimum absolute atomic E-state index is 0. The standard InChI is InChI=1S/C27H58OSi2.C25H58O2Si3.C15H32O3Si4.C10H30O3Si4.8CH4.Y/c1-9-11-12-13-14-15-16-17-18-19-20-21-22-23-24-27(5,30(6,7)8)26(3,4)25-29(28)10-2;1-9-10-11-12-13-14-15-16-17-18-19-20-21-22-23-24-25-30(8,26-28(2,3)4)27-29(5,6)7;1-19(2,3)16-22(17-20(4,5)6,18-21(7,8)9)15-13-11-10-12-14-15;1-14(2,3)11-16(7,8)13-17(9,10)12-15(4,5)6;;;;;;;;;/h2*9-25H2,1-8H3;10-14H,1-9H3;1-10H3;8*1H4;. The van der Waals surface area contributed by atoms with E-state index in [0.29, 0.717) is 5.04 Å². The first-order valence-electron chi connectivity index (χ1n) is 41.0. The summed E-state index contributed by atoms with van der Waals surface area (Å²) in [4.78, 5) is 0. The summed E-state index contributed by atoms with van der Waals surface area (Å²) in [6, 6.07) is 13.3. The van der Waals surface area contributed by atoms with Crippen LogP contribution in [0.15, 0.2) is 30.3 Å². The Morgan fingerprint density at radius 2 is 0.537 bits per heavy atom. The van der Waals surface area contributed by atoms with Crippen molar-refractivity contribution in [3.63, 3.8) is 0 Å². The first-order chi connectivity index (χ1) is 44.8. The van der Waals surface area contributed by atoms with Gasteiger partial charge in [-0.1, -0.05) is 344 Å². The van der Waals surface area contributed by atoms with Crippen LogP contribution in [0.1, 0.15) is 300 Å². The molecule has 0 aliphatic heterocycles. The fourth-order valence-electron chi connectivity index (χ4n) is 13.8. The fourth-order valence-corrected chi connectivity index (χ4v) is 62.2. The summed E-state index contributed by atoms with van der Waals surface area (Å²) < 4.78 is 64.3. The van der Waals surface area contributed by atoms with Crippen LogP contribution in [0.5, 0.6) is 0 Å². The molecular weight excluding hydrogens is 1620 g/mol. The van der Waals surface area contributed by atoms with E-state index < -0.39 is 109 Å². The molecule has 0 saturated carbocycles. The molecule has 0 aromatic heterocycles. The molecule has 1 radical (unpaired) electrons. The molecule has 1 aromatic rings. The maximum Gasteiger partial charge on any atom is 0.505 e. The van der Waals surface area contributed by atoms with Gasteiger partial charge in [-0.15, -0.1) is 0 Å². The van der Waals surface area contributed by atoms with Gasteiger partial charge in [0, 0.05) is 37.9 Å². The van der Waals surface area contributed by atoms with Crippen LogP contribution < -0.4 is 5.19 Å². The molecule has 1 atom stereocenters. The van der Waals surface area contributed by atoms with E-state index in [9.17, 15) is 4.46 Å². The molecule has 0 aliphatic rings. The zero-order chi connectivity index (χ0) is 77.4. The van der Waals surface area contributed by atoms with Crippen LogP contribution >= 0.6 is 0 Å². The van der Waals surface area contributed by atoms with Crippen LogP contribution in [0.2, 0.25) is 213 Å². The van der Waals surface area contributed by atoms with Crippen LogP contribution in [-0.2, 0) is 70.1 Å². The Bertz CT molecular complexity index is 2080. The largest absolute Gasteiger partial charge is 0.505 e. The van der Waals surface area contributed by atoms with Gasteiger partial charge in [-0.05, 0) is 205 Å². The van der Waals surface area contributed by atoms with E-state index >= 15 is 0 Å². The minimum atomic E-state index is -2.89. The van der Waals surface area contributed by atoms with Gasteiger partial charge in [0.15, 0.2) is 58.2 Å². The molecule has 0 N–H and O–H groups in total. The van der Waals surface area contributed by atoms with Crippen molar-refractivity contribution in [1.82, 2.24) is 0 Å². The van der Waals surface area contributed by atoms with E-state index in [0.717, 1.165) is 17.3 Å². The molecule has 0 fully saturated rings. The summed E-state index contributed by atoms with van der Waals surface area (Å²) in [5.41, 5.74) is 0.195. The monoisotopic (exact) mass is 1830 g/mol. The predicted molar refractivity (Wildman–Crippen MR) is 531 cm³/mol. The SMILES string of the molecule is C.C.C.C.C.C.C.C.CCCCCCCCCCCCCCCCC(C)(C(C)(C)C[Si](=O)CC)[Si](C)(C)C.CCCCCCCCCCCCCCCCCC[Si](C)(O[Si](C)(C)C)O[Si](C)(C)C.C[Si](C)(C)O[Si](C)(C)O[Si](C)(C)O[Si](C)(C)C.C[Si](C)(C)O[Si](O[Si](C)(C)C)(O[Si](C)(C)C)c1ccccc1.[Y]. The zero-order valence-corrected chi connectivity index (χ0v) is 90.0. The molecule has 0 saturated heterocycles. The minimum Gasteiger partial charge on any atom is -0.437 e. The second-order valence-corrected chi connectivity index (χ2v) is 93.3. The molecule has 1 aromatic carbocycles. The molecule has 0 heterocycles. The van der Waals surface area contributed by atoms with Crippen molar-refractivity contribution < 1.29 is 70.1 Å². The van der Waals surface area contributed by atoms with Crippen LogP contribution in [-0.4, -0.2) is 109 Å². The first kappa shape index (κ1) is 137. The van der Waals surface area contributed by atoms with Gasteiger partial charge >= 0.3 is 34.5 Å². The number of unbranched alkanes of at least 4 members (excludes halogenated alkanes) is 28. The van der Waals surface area contributed by atoms with Crippen molar-refractivity contribution in [3.8, 4) is 0 Å². The van der Waals surface area contributed by atoms with Crippen LogP contribution in [0.25, 0.3) is 0 Å². The summed E-state index contributed by atoms with van der Waals surface area (Å²) in [6.45, 7) is 79.4. The van der Waals surface area contributed by atoms with Crippen molar-refractivity contribution in [2.24, 2.45) is 5.41 Å². The number of hydrogen-bond donors (Lipinski definition) is 0. The molecule has 0 amide bonds. The van der Waals surface area contributed by atoms with E-state index in [2.05, 4.69) is 244 Å². The van der Waals surface area contributed by atoms with Gasteiger partial charge in [0.05, 0.1) is 8.07 Å². The molecule has 659 valence electrons. The second-order valence-electron chi connectivity index (χ2n) is 39.4. The van der Waals surface area contributed by atoms with E-state index in [4.69, 9.17) is 32.9 Å². The van der Waals surface area contributed by atoms with E-state index in [1.165, 1.54) is 205 Å². The summed E-state index contributed by atoms with van der Waals surface area (Å²) in [5.74, 6) is 0. The van der Waals surface area contributed by atoms with Gasteiger partial charge in [0.1, 0.15) is 0 Å². The van der Waals surface area contributed by atoms with Gasteiger partial charge < -0.3 is 37.4 Å². The molecular formula is C85H210O9Si13Y. The van der Waals surface area contributed by atoms with Crippen molar-refractivity contribution in [2.45, 2.75) is 513 Å². The molecule has 23 heteroatoms. The summed E-state index contributed by atoms with van der Waals surface area (Å²) in [6.07, 6.45) is 44.1. The number of benzene rings is 1. The summed E-state index contributed by atoms with van der Waals surface area (Å²) >= 11 is 0. The Labute approximate surface area is 726 Å². The number of hydrogen-bond acceptors (Lipinski definition) is 9. The van der Waals surface area contributed by atoms with E-state index in [-0.39, 0.29) is 97.5 Å². The fraction of sp³-hybridized carbons (Fsp3) is 0.929. The van der Waals surface area contributed by atoms with Crippen LogP contribution in [0.3, 0.4) is 0 Å². The van der Waals surface area contributed by atoms with E-state index in [1.807, 2.05) is 18.2 Å². The predicted octanol–water partition coefficient (Wildman–Crippen LogP) is 34.0. The van der Waals surface area contributed by atoms with Gasteiger partial charge in [-0.3, -0.25) is 0 Å². The zero-order valence-electron chi connectivity index (χ0n) is 74.2. The Morgan fingerprint density at radius 1 is 0.306 bits per heavy atom. The average Bonchev–Trinajstić information content (AvgIpc) is 0.772. The van der Waals surface area contributed by atoms with Gasteiger partial charge in [0.2, 0.25) is 0 Å². The van der Waals surface area contributed by atoms with Gasteiger partial charge in [0.25, 0.3) is 8.68 Å². The Balaban J connectivity index is -0.000000113. The van der Waals surface area contributed by atoms with Crippen LogP contribution in [0, 0.1) is 5.41 Å². The summed E-state index contributed by atoms with van der Waals surface area (Å²) in [7, 11) is -23.4. The normalized spacial score (nSPS) is 13.0. The Hall–Kier alpha value is 2.62. The molecule has 108 heavy (non-hydrogen) atoms. The smallest absolute Gasteiger partial charge is 0.437 e. The molecule has 0 spiro atoms. The maximum atomic E-state index is 12.4. The quantitative estimate of drug-likeness (QED) is 0.0467. The van der Waals surface area contributed by atoms with Crippen molar-refractivity contribution in [2.75, 3.05) is 0 Å². The third-order valence-corrected chi connectivity index (χ3v) is 58.1. The average molecular weight is 1830 g/mol. The van der Waals surface area contributed by atoms with Crippen molar-refractivity contribution >= 4 is 115 Å². The second kappa shape index (κ2) is 66.3. The van der Waals surface area contributed by atoms with Crippen molar-refractivity contribution in [1.29, 1.82) is 0 Å². The third kappa shape index (κ3) is 79.7. The topological polar surface area (TPSA) is 90.9 Å². The molecule has 1 unspecified atom stereocenters. The maximum absolute atomic E-state index is 12.4. The van der Waals surface area contributed by atoms with Gasteiger partial charge in [-0.2, -0.15) is 0 Å². The molecule has 0 bridgehead atoms. The van der Waals surface area contributed by atoms with E-state index in [1.54, 1.807) is 0 Å². The Kier molecular flexibility index (Phi) is 84.0. The van der Waals surface area contributed by atoms with Gasteiger partial charge in [-0.25, -0.2) is 0 Å². The van der Waals surface area contributed by atoms with Crippen molar-refractivity contribution in [3.05, 3.63) is 30.3 Å².